The number of anilines is 1. The van der Waals surface area contributed by atoms with Gasteiger partial charge in [-0.05, 0) is 43.5 Å². The first-order chi connectivity index (χ1) is 9.43. The van der Waals surface area contributed by atoms with Crippen LogP contribution in [0.25, 0.3) is 0 Å². The van der Waals surface area contributed by atoms with Crippen LogP contribution in [0.1, 0.15) is 31.2 Å². The molecule has 0 radical (unpaired) electrons. The predicted molar refractivity (Wildman–Crippen MR) is 72.1 cm³/mol. The summed E-state index contributed by atoms with van der Waals surface area (Å²) in [6.45, 7) is 1.67. The van der Waals surface area contributed by atoms with E-state index in [-0.39, 0.29) is 5.82 Å². The minimum Gasteiger partial charge on any atom is -0.480 e. The number of carboxylic acid groups (broad SMARTS) is 1. The molecule has 1 aliphatic rings. The molecule has 0 unspecified atom stereocenters. The number of rotatable bonds is 3. The van der Waals surface area contributed by atoms with Crippen LogP contribution >= 0.6 is 0 Å². The number of hydrogen-bond donors (Lipinski definition) is 3. The predicted octanol–water partition coefficient (Wildman–Crippen LogP) is 2.65. The van der Waals surface area contributed by atoms with Crippen molar-refractivity contribution in [3.05, 3.63) is 29.6 Å². The Bertz CT molecular complexity index is 539. The van der Waals surface area contributed by atoms with Crippen molar-refractivity contribution in [3.8, 4) is 0 Å². The van der Waals surface area contributed by atoms with Gasteiger partial charge in [-0.1, -0.05) is 12.8 Å². The second-order valence-corrected chi connectivity index (χ2v) is 5.13. The van der Waals surface area contributed by atoms with E-state index in [1.807, 2.05) is 0 Å². The van der Waals surface area contributed by atoms with Gasteiger partial charge in [0.25, 0.3) is 0 Å². The quantitative estimate of drug-likeness (QED) is 0.796. The summed E-state index contributed by atoms with van der Waals surface area (Å²) >= 11 is 0. The Hall–Kier alpha value is -2.11. The number of aryl methyl sites for hydroxylation is 1. The number of carboxylic acids is 1. The Kier molecular flexibility index (Phi) is 3.92. The maximum atomic E-state index is 13.0. The van der Waals surface area contributed by atoms with Gasteiger partial charge in [0.1, 0.15) is 11.4 Å². The van der Waals surface area contributed by atoms with E-state index in [0.717, 1.165) is 12.8 Å². The van der Waals surface area contributed by atoms with Crippen LogP contribution in [0.4, 0.5) is 14.9 Å². The monoisotopic (exact) mass is 280 g/mol. The molecule has 0 spiro atoms. The second-order valence-electron chi connectivity index (χ2n) is 5.13. The highest BCUT2D eigenvalue weighted by Crippen LogP contribution is 2.30. The van der Waals surface area contributed by atoms with E-state index in [9.17, 15) is 19.1 Å². The Morgan fingerprint density at radius 2 is 1.95 bits per heavy atom. The maximum absolute atomic E-state index is 13.0. The molecular formula is C14H17FN2O3. The summed E-state index contributed by atoms with van der Waals surface area (Å²) in [5.74, 6) is -1.40. The lowest BCUT2D eigenvalue weighted by atomic mass is 9.98. The van der Waals surface area contributed by atoms with Crippen LogP contribution in [0.2, 0.25) is 0 Å². The number of halogens is 1. The summed E-state index contributed by atoms with van der Waals surface area (Å²) in [6, 6.07) is 3.42. The third-order valence-electron chi connectivity index (χ3n) is 3.66. The molecule has 1 fully saturated rings. The molecule has 0 heterocycles. The minimum absolute atomic E-state index is 0.383. The molecule has 0 aromatic heterocycles. The van der Waals surface area contributed by atoms with E-state index in [1.54, 1.807) is 6.92 Å². The van der Waals surface area contributed by atoms with Crippen LogP contribution in [0.3, 0.4) is 0 Å². The molecule has 2 amide bonds. The molecule has 0 aliphatic heterocycles. The minimum atomic E-state index is -1.18. The van der Waals surface area contributed by atoms with Gasteiger partial charge in [0.05, 0.1) is 0 Å². The van der Waals surface area contributed by atoms with E-state index in [2.05, 4.69) is 10.6 Å². The fourth-order valence-electron chi connectivity index (χ4n) is 2.51. The van der Waals surface area contributed by atoms with E-state index in [1.165, 1.54) is 18.2 Å². The number of amides is 2. The maximum Gasteiger partial charge on any atom is 0.329 e. The molecule has 20 heavy (non-hydrogen) atoms. The largest absolute Gasteiger partial charge is 0.480 e. The average molecular weight is 280 g/mol. The van der Waals surface area contributed by atoms with E-state index in [4.69, 9.17) is 0 Å². The normalized spacial score (nSPS) is 16.7. The van der Waals surface area contributed by atoms with Gasteiger partial charge in [0.15, 0.2) is 0 Å². The lowest BCUT2D eigenvalue weighted by molar-refractivity contribution is -0.144. The summed E-state index contributed by atoms with van der Waals surface area (Å²) in [4.78, 5) is 23.3. The first kappa shape index (κ1) is 14.3. The van der Waals surface area contributed by atoms with Crippen LogP contribution in [0.5, 0.6) is 0 Å². The number of carbonyl (C=O) groups excluding carboxylic acids is 1. The highest BCUT2D eigenvalue weighted by atomic mass is 19.1. The molecule has 1 aromatic rings. The zero-order chi connectivity index (χ0) is 14.8. The summed E-state index contributed by atoms with van der Waals surface area (Å²) in [7, 11) is 0. The molecule has 3 N–H and O–H groups in total. The number of carbonyl (C=O) groups is 2. The number of nitrogens with one attached hydrogen (secondary N) is 2. The molecule has 0 bridgehead atoms. The fourth-order valence-corrected chi connectivity index (χ4v) is 2.51. The number of urea groups is 1. The molecule has 0 atom stereocenters. The van der Waals surface area contributed by atoms with Gasteiger partial charge in [-0.2, -0.15) is 0 Å². The number of benzene rings is 1. The Balaban J connectivity index is 2.07. The summed E-state index contributed by atoms with van der Waals surface area (Å²) in [6.07, 6.45) is 2.42. The Labute approximate surface area is 116 Å². The molecular weight excluding hydrogens is 263 g/mol. The molecule has 0 saturated heterocycles. The van der Waals surface area contributed by atoms with Crippen molar-refractivity contribution in [1.82, 2.24) is 5.32 Å². The van der Waals surface area contributed by atoms with Gasteiger partial charge in [-0.3, -0.25) is 0 Å². The van der Waals surface area contributed by atoms with E-state index in [0.29, 0.717) is 24.1 Å². The third kappa shape index (κ3) is 2.89. The smallest absolute Gasteiger partial charge is 0.329 e. The lowest BCUT2D eigenvalue weighted by Crippen LogP contribution is -2.53. The molecule has 6 heteroatoms. The van der Waals surface area contributed by atoms with Crippen LogP contribution < -0.4 is 10.6 Å². The zero-order valence-corrected chi connectivity index (χ0v) is 11.2. The first-order valence-electron chi connectivity index (χ1n) is 6.52. The van der Waals surface area contributed by atoms with Crippen molar-refractivity contribution >= 4 is 17.7 Å². The molecule has 1 aliphatic carbocycles. The summed E-state index contributed by atoms with van der Waals surface area (Å²) in [5.41, 5.74) is -0.142. The van der Waals surface area contributed by atoms with Gasteiger partial charge in [0.2, 0.25) is 0 Å². The van der Waals surface area contributed by atoms with Crippen LogP contribution in [-0.2, 0) is 4.79 Å². The SMILES string of the molecule is Cc1cc(F)ccc1NC(=O)NC1(C(=O)O)CCCC1. The second kappa shape index (κ2) is 5.48. The van der Waals surface area contributed by atoms with E-state index < -0.39 is 17.5 Å². The topological polar surface area (TPSA) is 78.4 Å². The molecule has 108 valence electrons. The van der Waals surface area contributed by atoms with Gasteiger partial charge in [-0.25, -0.2) is 14.0 Å². The summed E-state index contributed by atoms with van der Waals surface area (Å²) in [5, 5.41) is 14.4. The lowest BCUT2D eigenvalue weighted by Gasteiger charge is -2.25. The average Bonchev–Trinajstić information content (AvgIpc) is 2.82. The highest BCUT2D eigenvalue weighted by Gasteiger charge is 2.42. The third-order valence-corrected chi connectivity index (χ3v) is 3.66. The highest BCUT2D eigenvalue weighted by molar-refractivity contribution is 5.94. The van der Waals surface area contributed by atoms with Crippen LogP contribution in [0, 0.1) is 12.7 Å². The van der Waals surface area contributed by atoms with E-state index >= 15 is 0 Å². The fraction of sp³-hybridized carbons (Fsp3) is 0.429. The zero-order valence-electron chi connectivity index (χ0n) is 11.2. The number of hydrogen-bond acceptors (Lipinski definition) is 2. The van der Waals surface area contributed by atoms with Crippen LogP contribution in [-0.4, -0.2) is 22.6 Å². The molecule has 2 rings (SSSR count). The van der Waals surface area contributed by atoms with Crippen molar-refractivity contribution in [3.63, 3.8) is 0 Å². The summed E-state index contributed by atoms with van der Waals surface area (Å²) < 4.78 is 13.0. The van der Waals surface area contributed by atoms with Gasteiger partial charge in [-0.15, -0.1) is 0 Å². The van der Waals surface area contributed by atoms with Gasteiger partial charge in [0, 0.05) is 5.69 Å². The standard InChI is InChI=1S/C14H17FN2O3/c1-9-8-10(15)4-5-11(9)16-13(20)17-14(12(18)19)6-2-3-7-14/h4-5,8H,2-3,6-7H2,1H3,(H,18,19)(H2,16,17,20). The van der Waals surface area contributed by atoms with Gasteiger partial charge >= 0.3 is 12.0 Å². The van der Waals surface area contributed by atoms with Crippen molar-refractivity contribution in [2.45, 2.75) is 38.1 Å². The van der Waals surface area contributed by atoms with Crippen molar-refractivity contribution < 1.29 is 19.1 Å². The van der Waals surface area contributed by atoms with Crippen molar-refractivity contribution in [2.24, 2.45) is 0 Å². The molecule has 5 nitrogen and oxygen atoms in total. The van der Waals surface area contributed by atoms with Crippen molar-refractivity contribution in [2.75, 3.05) is 5.32 Å². The number of aliphatic carboxylic acids is 1. The molecule has 1 aromatic carbocycles. The molecule has 1 saturated carbocycles. The van der Waals surface area contributed by atoms with Gasteiger partial charge < -0.3 is 15.7 Å². The first-order valence-corrected chi connectivity index (χ1v) is 6.52. The Morgan fingerprint density at radius 1 is 1.30 bits per heavy atom. The van der Waals surface area contributed by atoms with Crippen molar-refractivity contribution in [1.29, 1.82) is 0 Å². The Morgan fingerprint density at radius 3 is 2.50 bits per heavy atom. The van der Waals surface area contributed by atoms with Crippen LogP contribution in [0.15, 0.2) is 18.2 Å².